The molecular weight excluding hydrogens is 368 g/mol. The molecule has 7 heteroatoms. The molecule has 2 aliphatic rings. The molecule has 0 aliphatic carbocycles. The van der Waals surface area contributed by atoms with E-state index >= 15 is 0 Å². The number of carbonyl (C=O) groups is 1. The minimum absolute atomic E-state index is 0.145. The van der Waals surface area contributed by atoms with Crippen molar-refractivity contribution in [3.8, 4) is 5.75 Å². The van der Waals surface area contributed by atoms with E-state index in [-0.39, 0.29) is 12.5 Å². The van der Waals surface area contributed by atoms with Gasteiger partial charge in [0.2, 0.25) is 5.91 Å². The number of morpholine rings is 1. The molecule has 27 heavy (non-hydrogen) atoms. The van der Waals surface area contributed by atoms with Crippen molar-refractivity contribution in [3.05, 3.63) is 28.8 Å². The molecule has 1 aromatic rings. The van der Waals surface area contributed by atoms with E-state index in [9.17, 15) is 9.90 Å². The van der Waals surface area contributed by atoms with Gasteiger partial charge in [-0.1, -0.05) is 17.7 Å². The number of hydrogen-bond donors (Lipinski definition) is 1. The number of benzene rings is 1. The largest absolute Gasteiger partial charge is 0.489 e. The smallest absolute Gasteiger partial charge is 0.236 e. The lowest BCUT2D eigenvalue weighted by Gasteiger charge is -2.30. The fourth-order valence-corrected chi connectivity index (χ4v) is 3.75. The number of aliphatic hydroxyl groups is 1. The Bertz CT molecular complexity index is 651. The quantitative estimate of drug-likeness (QED) is 0.825. The molecule has 2 saturated heterocycles. The van der Waals surface area contributed by atoms with Crippen LogP contribution in [-0.2, 0) is 9.53 Å². The van der Waals surface area contributed by atoms with Crippen LogP contribution < -0.4 is 4.74 Å². The van der Waals surface area contributed by atoms with Crippen LogP contribution in [0.2, 0.25) is 5.02 Å². The van der Waals surface area contributed by atoms with Crippen molar-refractivity contribution in [1.29, 1.82) is 0 Å². The molecule has 150 valence electrons. The van der Waals surface area contributed by atoms with Crippen molar-refractivity contribution in [2.45, 2.75) is 31.8 Å². The van der Waals surface area contributed by atoms with Gasteiger partial charge in [-0.2, -0.15) is 0 Å². The van der Waals surface area contributed by atoms with E-state index in [0.717, 1.165) is 18.5 Å². The monoisotopic (exact) mass is 396 g/mol. The normalized spacial score (nSPS) is 24.5. The van der Waals surface area contributed by atoms with Gasteiger partial charge >= 0.3 is 0 Å². The van der Waals surface area contributed by atoms with Crippen LogP contribution >= 0.6 is 11.6 Å². The van der Waals surface area contributed by atoms with Crippen LogP contribution in [0.3, 0.4) is 0 Å². The molecule has 0 saturated carbocycles. The summed E-state index contributed by atoms with van der Waals surface area (Å²) in [5, 5.41) is 11.5. The first-order valence-corrected chi connectivity index (χ1v) is 10.0. The second-order valence-corrected chi connectivity index (χ2v) is 7.98. The molecule has 0 bridgehead atoms. The molecule has 0 spiro atoms. The molecule has 0 radical (unpaired) electrons. The lowest BCUT2D eigenvalue weighted by Crippen LogP contribution is -2.46. The molecule has 1 amide bonds. The molecule has 6 nitrogen and oxygen atoms in total. The first-order valence-electron chi connectivity index (χ1n) is 9.64. The zero-order chi connectivity index (χ0) is 19.3. The third-order valence-electron chi connectivity index (χ3n) is 5.32. The number of likely N-dealkylation sites (tertiary alicyclic amines) is 1. The van der Waals surface area contributed by atoms with Gasteiger partial charge in [0.05, 0.1) is 30.4 Å². The Morgan fingerprint density at radius 3 is 2.81 bits per heavy atom. The first-order chi connectivity index (χ1) is 13.0. The number of carbonyl (C=O) groups excluding carboxylic acids is 1. The average Bonchev–Trinajstić information content (AvgIpc) is 2.85. The molecule has 1 N–H and O–H groups in total. The number of aryl methyl sites for hydroxylation is 1. The summed E-state index contributed by atoms with van der Waals surface area (Å²) >= 11 is 6.18. The maximum Gasteiger partial charge on any atom is 0.236 e. The zero-order valence-corrected chi connectivity index (χ0v) is 16.7. The van der Waals surface area contributed by atoms with Gasteiger partial charge in [-0.25, -0.2) is 0 Å². The summed E-state index contributed by atoms with van der Waals surface area (Å²) < 4.78 is 11.1. The molecule has 1 unspecified atom stereocenters. The van der Waals surface area contributed by atoms with Crippen molar-refractivity contribution < 1.29 is 19.4 Å². The van der Waals surface area contributed by atoms with E-state index in [2.05, 4.69) is 4.90 Å². The van der Waals surface area contributed by atoms with Crippen LogP contribution in [0, 0.1) is 6.92 Å². The molecular formula is C20H29ClN2O4. The predicted molar refractivity (Wildman–Crippen MR) is 104 cm³/mol. The third-order valence-corrected chi connectivity index (χ3v) is 5.63. The van der Waals surface area contributed by atoms with E-state index in [0.29, 0.717) is 63.0 Å². The van der Waals surface area contributed by atoms with Crippen molar-refractivity contribution in [2.75, 3.05) is 52.5 Å². The van der Waals surface area contributed by atoms with Gasteiger partial charge in [-0.15, -0.1) is 0 Å². The Morgan fingerprint density at radius 2 is 2.04 bits per heavy atom. The average molecular weight is 397 g/mol. The fourth-order valence-electron chi connectivity index (χ4n) is 3.57. The summed E-state index contributed by atoms with van der Waals surface area (Å²) in [4.78, 5) is 16.4. The minimum Gasteiger partial charge on any atom is -0.489 e. The number of halogens is 1. The Balaban J connectivity index is 1.50. The zero-order valence-electron chi connectivity index (χ0n) is 16.0. The Morgan fingerprint density at radius 1 is 1.26 bits per heavy atom. The maximum absolute atomic E-state index is 12.4. The molecule has 2 aliphatic heterocycles. The molecule has 2 heterocycles. The van der Waals surface area contributed by atoms with Crippen molar-refractivity contribution in [2.24, 2.45) is 0 Å². The first kappa shape index (κ1) is 20.4. The highest BCUT2D eigenvalue weighted by Crippen LogP contribution is 2.28. The molecule has 2 fully saturated rings. The van der Waals surface area contributed by atoms with E-state index in [4.69, 9.17) is 21.1 Å². The summed E-state index contributed by atoms with van der Waals surface area (Å²) in [5.41, 5.74) is 0.166. The Kier molecular flexibility index (Phi) is 6.98. The second kappa shape index (κ2) is 9.24. The molecule has 0 aromatic heterocycles. The molecule has 3 rings (SSSR count). The van der Waals surface area contributed by atoms with Gasteiger partial charge in [-0.3, -0.25) is 9.69 Å². The number of ether oxygens (including phenoxy) is 2. The van der Waals surface area contributed by atoms with Gasteiger partial charge in [0.25, 0.3) is 0 Å². The van der Waals surface area contributed by atoms with Crippen molar-refractivity contribution in [1.82, 2.24) is 9.80 Å². The minimum atomic E-state index is -0.899. The maximum atomic E-state index is 12.4. The van der Waals surface area contributed by atoms with Crippen molar-refractivity contribution >= 4 is 17.5 Å². The van der Waals surface area contributed by atoms with Gasteiger partial charge < -0.3 is 19.5 Å². The summed E-state index contributed by atoms with van der Waals surface area (Å²) in [6, 6.07) is 5.62. The number of rotatable bonds is 5. The van der Waals surface area contributed by atoms with Crippen LogP contribution in [0.5, 0.6) is 5.75 Å². The van der Waals surface area contributed by atoms with Crippen LogP contribution in [0.25, 0.3) is 0 Å². The highest BCUT2D eigenvalue weighted by molar-refractivity contribution is 6.32. The Labute approximate surface area is 166 Å². The molecule has 1 aromatic carbocycles. The summed E-state index contributed by atoms with van der Waals surface area (Å²) in [6.07, 6.45) is 2.06. The lowest BCUT2D eigenvalue weighted by molar-refractivity contribution is -0.136. The highest BCUT2D eigenvalue weighted by Gasteiger charge is 2.32. The predicted octanol–water partition coefficient (Wildman–Crippen LogP) is 2.10. The van der Waals surface area contributed by atoms with Crippen LogP contribution in [0.4, 0.5) is 0 Å². The number of hydrogen-bond acceptors (Lipinski definition) is 5. The van der Waals surface area contributed by atoms with Crippen molar-refractivity contribution in [3.63, 3.8) is 0 Å². The van der Waals surface area contributed by atoms with Gasteiger partial charge in [0, 0.05) is 19.6 Å². The van der Waals surface area contributed by atoms with E-state index < -0.39 is 5.60 Å². The van der Waals surface area contributed by atoms with E-state index in [1.165, 1.54) is 0 Å². The van der Waals surface area contributed by atoms with Gasteiger partial charge in [-0.05, 0) is 50.4 Å². The van der Waals surface area contributed by atoms with Crippen LogP contribution in [-0.4, -0.2) is 79.0 Å². The summed E-state index contributed by atoms with van der Waals surface area (Å²) in [7, 11) is 0. The van der Waals surface area contributed by atoms with E-state index in [1.807, 2.05) is 30.0 Å². The lowest BCUT2D eigenvalue weighted by atomic mass is 9.96. The number of amides is 1. The molecule has 1 atom stereocenters. The fraction of sp³-hybridized carbons (Fsp3) is 0.650. The van der Waals surface area contributed by atoms with Gasteiger partial charge in [0.15, 0.2) is 0 Å². The second-order valence-electron chi connectivity index (χ2n) is 7.57. The Hall–Kier alpha value is -1.34. The summed E-state index contributed by atoms with van der Waals surface area (Å²) in [5.74, 6) is 0.750. The highest BCUT2D eigenvalue weighted by atomic mass is 35.5. The van der Waals surface area contributed by atoms with E-state index in [1.54, 1.807) is 0 Å². The standard InChI is InChI=1S/C20H29ClN2O4/c1-16-3-4-17(21)18(13-16)27-15-20(25)5-2-7-22(8-6-20)14-19(24)23-9-11-26-12-10-23/h3-4,13,25H,2,5-12,14-15H2,1H3. The SMILES string of the molecule is Cc1ccc(Cl)c(OCC2(O)CCCN(CC(=O)N3CCOCC3)CC2)c1. The van der Waals surface area contributed by atoms with Crippen LogP contribution in [0.1, 0.15) is 24.8 Å². The van der Waals surface area contributed by atoms with Gasteiger partial charge in [0.1, 0.15) is 12.4 Å². The topological polar surface area (TPSA) is 62.2 Å². The summed E-state index contributed by atoms with van der Waals surface area (Å²) in [6.45, 7) is 6.65. The third kappa shape index (κ3) is 5.82. The number of nitrogens with zero attached hydrogens (tertiary/aromatic N) is 2. The van der Waals surface area contributed by atoms with Crippen LogP contribution in [0.15, 0.2) is 18.2 Å².